The maximum atomic E-state index is 12.4. The predicted molar refractivity (Wildman–Crippen MR) is 110 cm³/mol. The number of ether oxygens (including phenoxy) is 1. The second kappa shape index (κ2) is 11.9. The SMILES string of the molecule is Cl.Cl.NCc1cc(C(=O)NCc2ccccc2CN2CCOCC2)ccn1. The monoisotopic (exact) mass is 412 g/mol. The molecule has 1 aromatic carbocycles. The van der Waals surface area contributed by atoms with E-state index >= 15 is 0 Å². The molecule has 2 heterocycles. The van der Waals surface area contributed by atoms with E-state index in [4.69, 9.17) is 10.5 Å². The van der Waals surface area contributed by atoms with Gasteiger partial charge in [-0.05, 0) is 23.3 Å². The highest BCUT2D eigenvalue weighted by molar-refractivity contribution is 5.94. The number of rotatable bonds is 6. The van der Waals surface area contributed by atoms with Gasteiger partial charge in [0, 0.05) is 44.5 Å². The van der Waals surface area contributed by atoms with Crippen molar-refractivity contribution in [2.45, 2.75) is 19.6 Å². The summed E-state index contributed by atoms with van der Waals surface area (Å²) in [4.78, 5) is 18.9. The Morgan fingerprint density at radius 1 is 1.15 bits per heavy atom. The van der Waals surface area contributed by atoms with Gasteiger partial charge in [-0.2, -0.15) is 0 Å². The van der Waals surface area contributed by atoms with Crippen molar-refractivity contribution in [2.75, 3.05) is 26.3 Å². The Morgan fingerprint density at radius 3 is 2.56 bits per heavy atom. The van der Waals surface area contributed by atoms with Crippen LogP contribution in [0.3, 0.4) is 0 Å². The van der Waals surface area contributed by atoms with Crippen molar-refractivity contribution in [1.82, 2.24) is 15.2 Å². The van der Waals surface area contributed by atoms with Gasteiger partial charge in [0.1, 0.15) is 0 Å². The van der Waals surface area contributed by atoms with E-state index in [1.807, 2.05) is 12.1 Å². The van der Waals surface area contributed by atoms with Crippen molar-refractivity contribution in [3.8, 4) is 0 Å². The summed E-state index contributed by atoms with van der Waals surface area (Å²) in [5, 5.41) is 2.99. The van der Waals surface area contributed by atoms with Gasteiger partial charge < -0.3 is 15.8 Å². The number of aromatic nitrogens is 1. The lowest BCUT2D eigenvalue weighted by atomic mass is 10.1. The van der Waals surface area contributed by atoms with Crippen LogP contribution in [0.25, 0.3) is 0 Å². The lowest BCUT2D eigenvalue weighted by Gasteiger charge is -2.27. The molecule has 1 fully saturated rings. The fourth-order valence-electron chi connectivity index (χ4n) is 2.89. The molecule has 1 aliphatic heterocycles. The molecule has 27 heavy (non-hydrogen) atoms. The van der Waals surface area contributed by atoms with Crippen LogP contribution in [-0.2, 0) is 24.4 Å². The van der Waals surface area contributed by atoms with Crippen LogP contribution in [0.4, 0.5) is 0 Å². The van der Waals surface area contributed by atoms with Crippen LogP contribution >= 0.6 is 24.8 Å². The maximum absolute atomic E-state index is 12.4. The van der Waals surface area contributed by atoms with Crippen LogP contribution in [0.5, 0.6) is 0 Å². The smallest absolute Gasteiger partial charge is 0.251 e. The standard InChI is InChI=1S/C19H24N4O2.2ClH/c20-12-18-11-15(5-6-21-18)19(24)22-13-16-3-1-2-4-17(16)14-23-7-9-25-10-8-23;;/h1-6,11H,7-10,12-14,20H2,(H,22,24);2*1H. The zero-order valence-electron chi connectivity index (χ0n) is 15.1. The molecule has 0 aliphatic carbocycles. The molecule has 1 aliphatic rings. The average Bonchev–Trinajstić information content (AvgIpc) is 2.68. The number of carbonyl (C=O) groups is 1. The number of nitrogens with one attached hydrogen (secondary N) is 1. The van der Waals surface area contributed by atoms with Crippen LogP contribution < -0.4 is 11.1 Å². The predicted octanol–water partition coefficient (Wildman–Crippen LogP) is 2.15. The normalized spacial score (nSPS) is 14.0. The highest BCUT2D eigenvalue weighted by Gasteiger charge is 2.13. The average molecular weight is 413 g/mol. The van der Waals surface area contributed by atoms with Crippen molar-refractivity contribution < 1.29 is 9.53 Å². The number of morpholine rings is 1. The van der Waals surface area contributed by atoms with Gasteiger partial charge in [0.05, 0.1) is 18.9 Å². The summed E-state index contributed by atoms with van der Waals surface area (Å²) in [7, 11) is 0. The largest absolute Gasteiger partial charge is 0.379 e. The van der Waals surface area contributed by atoms with Crippen LogP contribution in [0.15, 0.2) is 42.6 Å². The fraction of sp³-hybridized carbons (Fsp3) is 0.368. The van der Waals surface area contributed by atoms with Gasteiger partial charge in [0.25, 0.3) is 5.91 Å². The first-order valence-corrected chi connectivity index (χ1v) is 8.56. The topological polar surface area (TPSA) is 80.5 Å². The Labute approximate surface area is 172 Å². The number of nitrogens with zero attached hydrogens (tertiary/aromatic N) is 2. The van der Waals surface area contributed by atoms with Gasteiger partial charge in [0.2, 0.25) is 0 Å². The first-order valence-electron chi connectivity index (χ1n) is 8.56. The van der Waals surface area contributed by atoms with Gasteiger partial charge in [-0.3, -0.25) is 14.7 Å². The number of amides is 1. The molecular weight excluding hydrogens is 387 g/mol. The first-order chi connectivity index (χ1) is 12.3. The van der Waals surface area contributed by atoms with E-state index in [1.54, 1.807) is 18.3 Å². The van der Waals surface area contributed by atoms with Crippen molar-refractivity contribution in [3.63, 3.8) is 0 Å². The fourth-order valence-corrected chi connectivity index (χ4v) is 2.89. The van der Waals surface area contributed by atoms with Crippen molar-refractivity contribution >= 4 is 30.7 Å². The summed E-state index contributed by atoms with van der Waals surface area (Å²) < 4.78 is 5.40. The Kier molecular flexibility index (Phi) is 10.3. The number of carbonyl (C=O) groups excluding carboxylic acids is 1. The van der Waals surface area contributed by atoms with Crippen LogP contribution in [0.2, 0.25) is 0 Å². The molecule has 3 N–H and O–H groups in total. The lowest BCUT2D eigenvalue weighted by Crippen LogP contribution is -2.36. The number of halogens is 2. The zero-order valence-corrected chi connectivity index (χ0v) is 16.7. The molecule has 0 saturated carbocycles. The quantitative estimate of drug-likeness (QED) is 0.759. The zero-order chi connectivity index (χ0) is 17.5. The minimum Gasteiger partial charge on any atom is -0.379 e. The van der Waals surface area contributed by atoms with E-state index < -0.39 is 0 Å². The van der Waals surface area contributed by atoms with Gasteiger partial charge in [-0.25, -0.2) is 0 Å². The van der Waals surface area contributed by atoms with Crippen LogP contribution in [0.1, 0.15) is 27.2 Å². The molecule has 0 atom stereocenters. The van der Waals surface area contributed by atoms with E-state index in [0.717, 1.165) is 38.4 Å². The third kappa shape index (κ3) is 6.75. The number of nitrogens with two attached hydrogens (primary N) is 1. The summed E-state index contributed by atoms with van der Waals surface area (Å²) in [6.45, 7) is 5.15. The first kappa shape index (κ1) is 23.3. The number of hydrogen-bond donors (Lipinski definition) is 2. The highest BCUT2D eigenvalue weighted by atomic mass is 35.5. The molecule has 1 saturated heterocycles. The van der Waals surface area contributed by atoms with E-state index in [9.17, 15) is 4.79 Å². The third-order valence-electron chi connectivity index (χ3n) is 4.34. The summed E-state index contributed by atoms with van der Waals surface area (Å²) in [6, 6.07) is 11.7. The third-order valence-corrected chi connectivity index (χ3v) is 4.34. The molecule has 0 bridgehead atoms. The Balaban J connectivity index is 0.00000182. The van der Waals surface area contributed by atoms with Crippen molar-refractivity contribution in [3.05, 3.63) is 65.0 Å². The molecule has 0 unspecified atom stereocenters. The molecule has 2 aromatic rings. The number of hydrogen-bond acceptors (Lipinski definition) is 5. The van der Waals surface area contributed by atoms with Crippen LogP contribution in [-0.4, -0.2) is 42.1 Å². The molecule has 0 spiro atoms. The second-order valence-electron chi connectivity index (χ2n) is 6.08. The Morgan fingerprint density at radius 2 is 1.85 bits per heavy atom. The summed E-state index contributed by atoms with van der Waals surface area (Å²) in [5.41, 5.74) is 9.25. The molecule has 8 heteroatoms. The van der Waals surface area contributed by atoms with Crippen molar-refractivity contribution in [1.29, 1.82) is 0 Å². The number of pyridine rings is 1. The maximum Gasteiger partial charge on any atom is 0.251 e. The molecular formula is C19H26Cl2N4O2. The van der Waals surface area contributed by atoms with Gasteiger partial charge in [-0.1, -0.05) is 24.3 Å². The van der Waals surface area contributed by atoms with E-state index in [1.165, 1.54) is 5.56 Å². The molecule has 1 aromatic heterocycles. The van der Waals surface area contributed by atoms with Crippen molar-refractivity contribution in [2.24, 2.45) is 5.73 Å². The molecule has 0 radical (unpaired) electrons. The van der Waals surface area contributed by atoms with E-state index in [2.05, 4.69) is 27.3 Å². The van der Waals surface area contributed by atoms with Gasteiger partial charge in [-0.15, -0.1) is 24.8 Å². The molecule has 1 amide bonds. The van der Waals surface area contributed by atoms with E-state index in [-0.39, 0.29) is 30.7 Å². The Hall–Kier alpha value is -1.70. The minimum absolute atomic E-state index is 0. The second-order valence-corrected chi connectivity index (χ2v) is 6.08. The van der Waals surface area contributed by atoms with Gasteiger partial charge >= 0.3 is 0 Å². The lowest BCUT2D eigenvalue weighted by molar-refractivity contribution is 0.0340. The summed E-state index contributed by atoms with van der Waals surface area (Å²) in [6.07, 6.45) is 1.61. The summed E-state index contributed by atoms with van der Waals surface area (Å²) in [5.74, 6) is -0.113. The minimum atomic E-state index is -0.113. The molecule has 3 rings (SSSR count). The van der Waals surface area contributed by atoms with Gasteiger partial charge in [0.15, 0.2) is 0 Å². The highest BCUT2D eigenvalue weighted by Crippen LogP contribution is 2.13. The summed E-state index contributed by atoms with van der Waals surface area (Å²) >= 11 is 0. The van der Waals surface area contributed by atoms with E-state index in [0.29, 0.717) is 24.3 Å². The Bertz CT molecular complexity index is 724. The van der Waals surface area contributed by atoms with Crippen LogP contribution in [0, 0.1) is 0 Å². The molecule has 6 nitrogen and oxygen atoms in total. The molecule has 148 valence electrons. The number of benzene rings is 1.